The third-order valence-corrected chi connectivity index (χ3v) is 3.72. The van der Waals surface area contributed by atoms with Crippen molar-refractivity contribution in [2.24, 2.45) is 0 Å². The van der Waals surface area contributed by atoms with Gasteiger partial charge in [-0.05, 0) is 18.2 Å². The molecule has 0 aliphatic carbocycles. The van der Waals surface area contributed by atoms with Crippen molar-refractivity contribution in [3.63, 3.8) is 0 Å². The fraction of sp³-hybridized carbons (Fsp3) is 0.300. The van der Waals surface area contributed by atoms with Crippen LogP contribution in [0, 0.1) is 5.82 Å². The van der Waals surface area contributed by atoms with Crippen molar-refractivity contribution in [1.82, 2.24) is 0 Å². The first-order valence-electron chi connectivity index (χ1n) is 4.87. The second kappa shape index (κ2) is 4.06. The zero-order valence-electron chi connectivity index (χ0n) is 8.64. The van der Waals surface area contributed by atoms with E-state index >= 15 is 0 Å². The fourth-order valence-electron chi connectivity index (χ4n) is 1.76. The second-order valence-corrected chi connectivity index (χ2v) is 5.40. The SMILES string of the molecule is O=C1CC(S(=O)(=O)F)CN1c1cccc(F)c1. The molecule has 1 fully saturated rings. The van der Waals surface area contributed by atoms with Crippen molar-refractivity contribution in [3.05, 3.63) is 30.1 Å². The molecular formula is C10H9F2NO3S. The summed E-state index contributed by atoms with van der Waals surface area (Å²) < 4.78 is 47.1. The first-order chi connectivity index (χ1) is 7.88. The molecule has 1 unspecified atom stereocenters. The van der Waals surface area contributed by atoms with Crippen molar-refractivity contribution in [3.8, 4) is 0 Å². The summed E-state index contributed by atoms with van der Waals surface area (Å²) >= 11 is 0. The van der Waals surface area contributed by atoms with E-state index in [4.69, 9.17) is 0 Å². The number of anilines is 1. The van der Waals surface area contributed by atoms with Crippen molar-refractivity contribution in [1.29, 1.82) is 0 Å². The van der Waals surface area contributed by atoms with E-state index in [2.05, 4.69) is 0 Å². The molecule has 1 aliphatic rings. The van der Waals surface area contributed by atoms with Gasteiger partial charge in [0.1, 0.15) is 11.1 Å². The number of hydrogen-bond acceptors (Lipinski definition) is 3. The van der Waals surface area contributed by atoms with Crippen LogP contribution in [0.4, 0.5) is 14.0 Å². The van der Waals surface area contributed by atoms with Gasteiger partial charge in [0, 0.05) is 18.7 Å². The Labute approximate surface area is 97.1 Å². The number of carbonyl (C=O) groups is 1. The van der Waals surface area contributed by atoms with Gasteiger partial charge in [0.15, 0.2) is 0 Å². The molecule has 1 atom stereocenters. The summed E-state index contributed by atoms with van der Waals surface area (Å²) in [6.07, 6.45) is -0.407. The summed E-state index contributed by atoms with van der Waals surface area (Å²) in [7, 11) is -4.74. The molecule has 1 heterocycles. The zero-order valence-corrected chi connectivity index (χ0v) is 9.45. The molecule has 0 aromatic heterocycles. The minimum atomic E-state index is -4.74. The van der Waals surface area contributed by atoms with Gasteiger partial charge in [0.25, 0.3) is 0 Å². The Morgan fingerprint density at radius 1 is 1.35 bits per heavy atom. The van der Waals surface area contributed by atoms with E-state index in [0.717, 1.165) is 11.0 Å². The molecule has 1 aromatic carbocycles. The maximum Gasteiger partial charge on any atom is 0.307 e. The molecule has 4 nitrogen and oxygen atoms in total. The molecule has 2 rings (SSSR count). The average molecular weight is 261 g/mol. The van der Waals surface area contributed by atoms with E-state index in [9.17, 15) is 21.5 Å². The quantitative estimate of drug-likeness (QED) is 0.752. The molecule has 7 heteroatoms. The lowest BCUT2D eigenvalue weighted by molar-refractivity contribution is -0.117. The number of rotatable bonds is 2. The lowest BCUT2D eigenvalue weighted by atomic mass is 10.3. The van der Waals surface area contributed by atoms with Crippen LogP contribution in [0.1, 0.15) is 6.42 Å². The van der Waals surface area contributed by atoms with Gasteiger partial charge in [-0.1, -0.05) is 6.07 Å². The number of halogens is 2. The van der Waals surface area contributed by atoms with Gasteiger partial charge in [0.05, 0.1) is 0 Å². The number of amides is 1. The van der Waals surface area contributed by atoms with Crippen LogP contribution in [0.2, 0.25) is 0 Å². The maximum absolute atomic E-state index is 12.9. The van der Waals surface area contributed by atoms with E-state index in [-0.39, 0.29) is 12.2 Å². The molecule has 1 saturated heterocycles. The van der Waals surface area contributed by atoms with Gasteiger partial charge in [-0.25, -0.2) is 4.39 Å². The normalized spacial score (nSPS) is 20.9. The Balaban J connectivity index is 2.28. The van der Waals surface area contributed by atoms with Gasteiger partial charge in [-0.2, -0.15) is 8.42 Å². The minimum absolute atomic E-state index is 0.237. The molecule has 92 valence electrons. The maximum atomic E-state index is 12.9. The third-order valence-electron chi connectivity index (χ3n) is 2.61. The lowest BCUT2D eigenvalue weighted by Gasteiger charge is -2.15. The lowest BCUT2D eigenvalue weighted by Crippen LogP contribution is -2.26. The highest BCUT2D eigenvalue weighted by Gasteiger charge is 2.39. The summed E-state index contributed by atoms with van der Waals surface area (Å²) in [5.74, 6) is -1.07. The van der Waals surface area contributed by atoms with E-state index in [1.165, 1.54) is 18.2 Å². The number of carbonyl (C=O) groups excluding carboxylic acids is 1. The van der Waals surface area contributed by atoms with Crippen molar-refractivity contribution >= 4 is 21.8 Å². The Bertz CT molecular complexity index is 558. The van der Waals surface area contributed by atoms with Crippen molar-refractivity contribution in [2.75, 3.05) is 11.4 Å². The summed E-state index contributed by atoms with van der Waals surface area (Å²) in [4.78, 5) is 12.6. The van der Waals surface area contributed by atoms with E-state index in [1.807, 2.05) is 0 Å². The first kappa shape index (κ1) is 12.0. The van der Waals surface area contributed by atoms with Crippen LogP contribution in [0.3, 0.4) is 0 Å². The van der Waals surface area contributed by atoms with Gasteiger partial charge < -0.3 is 4.90 Å². The molecule has 0 bridgehead atoms. The van der Waals surface area contributed by atoms with Crippen LogP contribution < -0.4 is 4.90 Å². The van der Waals surface area contributed by atoms with Gasteiger partial charge in [0.2, 0.25) is 5.91 Å². The predicted octanol–water partition coefficient (Wildman–Crippen LogP) is 1.23. The summed E-state index contributed by atoms with van der Waals surface area (Å²) in [5, 5.41) is -1.36. The Hall–Kier alpha value is -1.50. The Kier molecular flexibility index (Phi) is 2.86. The molecule has 1 aliphatic heterocycles. The summed E-state index contributed by atoms with van der Waals surface area (Å²) in [6.45, 7) is -0.277. The van der Waals surface area contributed by atoms with Crippen LogP contribution in [-0.4, -0.2) is 26.1 Å². The number of benzene rings is 1. The van der Waals surface area contributed by atoms with Gasteiger partial charge in [-0.3, -0.25) is 4.79 Å². The molecule has 1 aromatic rings. The fourth-order valence-corrected chi connectivity index (χ4v) is 2.43. The Morgan fingerprint density at radius 3 is 2.59 bits per heavy atom. The zero-order chi connectivity index (χ0) is 12.6. The smallest absolute Gasteiger partial charge is 0.307 e. The second-order valence-electron chi connectivity index (χ2n) is 3.79. The molecular weight excluding hydrogens is 252 g/mol. The molecule has 17 heavy (non-hydrogen) atoms. The predicted molar refractivity (Wildman–Crippen MR) is 57.2 cm³/mol. The van der Waals surface area contributed by atoms with E-state index in [0.29, 0.717) is 0 Å². The molecule has 0 spiro atoms. The standard InChI is InChI=1S/C10H9F2NO3S/c11-7-2-1-3-8(4-7)13-6-9(5-10(13)14)17(12,15)16/h1-4,9H,5-6H2. The van der Waals surface area contributed by atoms with Crippen LogP contribution in [-0.2, 0) is 15.0 Å². The molecule has 0 saturated carbocycles. The van der Waals surface area contributed by atoms with Crippen LogP contribution in [0.25, 0.3) is 0 Å². The number of nitrogens with zero attached hydrogens (tertiary/aromatic N) is 1. The largest absolute Gasteiger partial charge is 0.311 e. The average Bonchev–Trinajstić information content (AvgIpc) is 2.60. The van der Waals surface area contributed by atoms with Crippen molar-refractivity contribution in [2.45, 2.75) is 11.7 Å². The van der Waals surface area contributed by atoms with Crippen LogP contribution >= 0.6 is 0 Å². The van der Waals surface area contributed by atoms with E-state index < -0.39 is 33.6 Å². The van der Waals surface area contributed by atoms with Crippen LogP contribution in [0.5, 0.6) is 0 Å². The molecule has 0 N–H and O–H groups in total. The molecule has 0 radical (unpaired) electrons. The topological polar surface area (TPSA) is 54.5 Å². The van der Waals surface area contributed by atoms with Gasteiger partial charge in [-0.15, -0.1) is 3.89 Å². The Morgan fingerprint density at radius 2 is 2.06 bits per heavy atom. The van der Waals surface area contributed by atoms with Crippen LogP contribution in [0.15, 0.2) is 24.3 Å². The van der Waals surface area contributed by atoms with Crippen molar-refractivity contribution < 1.29 is 21.5 Å². The summed E-state index contributed by atoms with van der Waals surface area (Å²) in [6, 6.07) is 5.17. The summed E-state index contributed by atoms with van der Waals surface area (Å²) in [5.41, 5.74) is 0.237. The number of hydrogen-bond donors (Lipinski definition) is 0. The molecule has 1 amide bonds. The highest BCUT2D eigenvalue weighted by Crippen LogP contribution is 2.26. The minimum Gasteiger partial charge on any atom is -0.311 e. The first-order valence-corrected chi connectivity index (χ1v) is 6.32. The highest BCUT2D eigenvalue weighted by atomic mass is 32.3. The monoisotopic (exact) mass is 261 g/mol. The highest BCUT2D eigenvalue weighted by molar-refractivity contribution is 7.87. The van der Waals surface area contributed by atoms with Gasteiger partial charge >= 0.3 is 10.2 Å². The third kappa shape index (κ3) is 2.44. The van der Waals surface area contributed by atoms with E-state index in [1.54, 1.807) is 0 Å².